The standard InChI is InChI=1S/C6H9N3O3.C6H12O6/c1-5-7-4-6(9(11)12)8(5)2-3-10;7-1-3(9)5(11)6(12)4(10)2-8/h4,10H,2-3H2,1H3;1,3-6,8-12H,2H2/t;3-,4+,5+,6+/m.0/s1. The molecule has 0 amide bonds. The number of nitro groups is 1. The topological polar surface area (TPSA) is 199 Å². The highest BCUT2D eigenvalue weighted by Gasteiger charge is 2.29. The number of aldehydes is 1. The number of rotatable bonds is 8. The van der Waals surface area contributed by atoms with Crippen LogP contribution in [0.2, 0.25) is 0 Å². The smallest absolute Gasteiger partial charge is 0.342 e. The van der Waals surface area contributed by atoms with Crippen molar-refractivity contribution < 1.29 is 40.4 Å². The van der Waals surface area contributed by atoms with Crippen LogP contribution in [0, 0.1) is 17.0 Å². The van der Waals surface area contributed by atoms with E-state index in [2.05, 4.69) is 4.98 Å². The van der Waals surface area contributed by atoms with Crippen LogP contribution in [0.1, 0.15) is 5.82 Å². The molecule has 0 aromatic carbocycles. The minimum atomic E-state index is -1.79. The van der Waals surface area contributed by atoms with E-state index in [0.29, 0.717) is 5.82 Å². The van der Waals surface area contributed by atoms with Gasteiger partial charge in [0.05, 0.1) is 13.2 Å². The third-order valence-corrected chi connectivity index (χ3v) is 2.97. The Hall–Kier alpha value is -1.96. The summed E-state index contributed by atoms with van der Waals surface area (Å²) in [6.07, 6.45) is -5.65. The fraction of sp³-hybridized carbons (Fsp3) is 0.667. The molecule has 0 spiro atoms. The van der Waals surface area contributed by atoms with Gasteiger partial charge in [0.1, 0.15) is 37.2 Å². The van der Waals surface area contributed by atoms with Crippen LogP contribution in [0.5, 0.6) is 0 Å². The van der Waals surface area contributed by atoms with E-state index >= 15 is 0 Å². The normalized spacial score (nSPS) is 15.6. The van der Waals surface area contributed by atoms with Gasteiger partial charge < -0.3 is 45.5 Å². The first-order chi connectivity index (χ1) is 11.2. The predicted octanol–water partition coefficient (Wildman–Crippen LogP) is -3.29. The van der Waals surface area contributed by atoms with Crippen LogP contribution < -0.4 is 0 Å². The van der Waals surface area contributed by atoms with Gasteiger partial charge in [-0.3, -0.25) is 0 Å². The van der Waals surface area contributed by atoms with Gasteiger partial charge in [-0.2, -0.15) is 0 Å². The Bertz CT molecular complexity index is 522. The SMILES string of the molecule is Cc1ncc([N+](=O)[O-])n1CCO.O=C[C@H](O)[C@@H](O)[C@H](O)[C@H](O)CO. The van der Waals surface area contributed by atoms with Crippen LogP contribution in [0.4, 0.5) is 5.82 Å². The maximum Gasteiger partial charge on any atom is 0.342 e. The van der Waals surface area contributed by atoms with E-state index in [9.17, 15) is 14.9 Å². The number of aromatic nitrogens is 2. The molecular weight excluding hydrogens is 330 g/mol. The molecule has 0 saturated heterocycles. The molecule has 0 fully saturated rings. The van der Waals surface area contributed by atoms with Gasteiger partial charge in [0.25, 0.3) is 0 Å². The number of imidazole rings is 1. The molecule has 0 unspecified atom stereocenters. The summed E-state index contributed by atoms with van der Waals surface area (Å²) in [6.45, 7) is 0.979. The second kappa shape index (κ2) is 10.7. The molecule has 1 aromatic heterocycles. The predicted molar refractivity (Wildman–Crippen MR) is 77.9 cm³/mol. The molecular formula is C12H21N3O9. The van der Waals surface area contributed by atoms with E-state index < -0.39 is 35.9 Å². The second-order valence-electron chi connectivity index (χ2n) is 4.65. The third kappa shape index (κ3) is 6.27. The average Bonchev–Trinajstić information content (AvgIpc) is 2.94. The van der Waals surface area contributed by atoms with Crippen LogP contribution in [0.15, 0.2) is 6.20 Å². The lowest BCUT2D eigenvalue weighted by Gasteiger charge is -2.22. The maximum absolute atomic E-state index is 10.4. The van der Waals surface area contributed by atoms with Gasteiger partial charge >= 0.3 is 5.82 Å². The molecule has 24 heavy (non-hydrogen) atoms. The lowest BCUT2D eigenvalue weighted by atomic mass is 10.0. The fourth-order valence-electron chi connectivity index (χ4n) is 1.60. The molecule has 6 N–H and O–H groups in total. The van der Waals surface area contributed by atoms with Gasteiger partial charge in [-0.1, -0.05) is 0 Å². The summed E-state index contributed by atoms with van der Waals surface area (Å²) >= 11 is 0. The molecule has 1 aromatic rings. The molecule has 1 heterocycles. The van der Waals surface area contributed by atoms with Crippen LogP contribution in [0.25, 0.3) is 0 Å². The molecule has 138 valence electrons. The number of hydrogen-bond donors (Lipinski definition) is 6. The van der Waals surface area contributed by atoms with E-state index in [-0.39, 0.29) is 25.3 Å². The monoisotopic (exact) mass is 351 g/mol. The number of aliphatic hydroxyl groups excluding tert-OH is 6. The summed E-state index contributed by atoms with van der Waals surface area (Å²) < 4.78 is 1.36. The van der Waals surface area contributed by atoms with Crippen LogP contribution in [-0.2, 0) is 11.3 Å². The van der Waals surface area contributed by atoms with Gasteiger partial charge in [0.2, 0.25) is 0 Å². The van der Waals surface area contributed by atoms with Crippen LogP contribution in [-0.4, -0.2) is 89.0 Å². The summed E-state index contributed by atoms with van der Waals surface area (Å²) in [5, 5.41) is 62.5. The van der Waals surface area contributed by atoms with Crippen molar-refractivity contribution in [1.29, 1.82) is 0 Å². The molecule has 0 aliphatic rings. The number of aryl methyl sites for hydroxylation is 1. The highest BCUT2D eigenvalue weighted by molar-refractivity contribution is 5.56. The lowest BCUT2D eigenvalue weighted by molar-refractivity contribution is -0.392. The van der Waals surface area contributed by atoms with E-state index in [1.807, 2.05) is 0 Å². The Morgan fingerprint density at radius 1 is 1.29 bits per heavy atom. The van der Waals surface area contributed by atoms with Crippen molar-refractivity contribution in [1.82, 2.24) is 9.55 Å². The Balaban J connectivity index is 0.000000441. The van der Waals surface area contributed by atoms with Crippen molar-refractivity contribution in [3.63, 3.8) is 0 Å². The zero-order valence-electron chi connectivity index (χ0n) is 12.8. The van der Waals surface area contributed by atoms with Gasteiger partial charge in [-0.05, 0) is 4.92 Å². The van der Waals surface area contributed by atoms with Crippen molar-refractivity contribution in [2.45, 2.75) is 37.9 Å². The van der Waals surface area contributed by atoms with Crippen LogP contribution in [0.3, 0.4) is 0 Å². The summed E-state index contributed by atoms with van der Waals surface area (Å²) in [4.78, 5) is 23.5. The zero-order valence-corrected chi connectivity index (χ0v) is 12.8. The molecule has 0 radical (unpaired) electrons. The summed E-state index contributed by atoms with van der Waals surface area (Å²) in [5.41, 5.74) is 0. The average molecular weight is 351 g/mol. The number of nitrogens with zero attached hydrogens (tertiary/aromatic N) is 3. The van der Waals surface area contributed by atoms with Gasteiger partial charge in [-0.25, -0.2) is 9.55 Å². The van der Waals surface area contributed by atoms with Crippen molar-refractivity contribution in [2.75, 3.05) is 13.2 Å². The van der Waals surface area contributed by atoms with Crippen molar-refractivity contribution in [3.05, 3.63) is 22.1 Å². The van der Waals surface area contributed by atoms with Gasteiger partial charge in [0.15, 0.2) is 12.1 Å². The maximum atomic E-state index is 10.4. The van der Waals surface area contributed by atoms with E-state index in [1.54, 1.807) is 6.92 Å². The Labute approximate surface area is 136 Å². The first kappa shape index (κ1) is 22.0. The molecule has 0 aliphatic heterocycles. The second-order valence-corrected chi connectivity index (χ2v) is 4.65. The highest BCUT2D eigenvalue weighted by atomic mass is 16.6. The fourth-order valence-corrected chi connectivity index (χ4v) is 1.60. The Morgan fingerprint density at radius 2 is 1.88 bits per heavy atom. The zero-order chi connectivity index (χ0) is 18.9. The quantitative estimate of drug-likeness (QED) is 0.157. The molecule has 1 rings (SSSR count). The number of carbonyl (C=O) groups excluding carboxylic acids is 1. The first-order valence-corrected chi connectivity index (χ1v) is 6.77. The molecule has 0 saturated carbocycles. The first-order valence-electron chi connectivity index (χ1n) is 6.77. The van der Waals surface area contributed by atoms with Crippen LogP contribution >= 0.6 is 0 Å². The van der Waals surface area contributed by atoms with E-state index in [4.69, 9.17) is 30.6 Å². The lowest BCUT2D eigenvalue weighted by Crippen LogP contribution is -2.46. The number of carbonyl (C=O) groups is 1. The van der Waals surface area contributed by atoms with Crippen molar-refractivity contribution >= 4 is 12.1 Å². The van der Waals surface area contributed by atoms with Gasteiger partial charge in [0, 0.05) is 6.92 Å². The Kier molecular flexibility index (Phi) is 9.87. The summed E-state index contributed by atoms with van der Waals surface area (Å²) in [6, 6.07) is 0. The highest BCUT2D eigenvalue weighted by Crippen LogP contribution is 2.12. The molecule has 12 nitrogen and oxygen atoms in total. The number of aliphatic hydroxyl groups is 6. The minimum Gasteiger partial charge on any atom is -0.394 e. The Morgan fingerprint density at radius 3 is 2.29 bits per heavy atom. The van der Waals surface area contributed by atoms with E-state index in [1.165, 1.54) is 10.8 Å². The minimum absolute atomic E-state index is 0.0258. The number of hydrogen-bond acceptors (Lipinski definition) is 10. The largest absolute Gasteiger partial charge is 0.394 e. The molecule has 0 aliphatic carbocycles. The molecule has 4 atom stereocenters. The van der Waals surface area contributed by atoms with Crippen molar-refractivity contribution in [3.8, 4) is 0 Å². The molecule has 12 heteroatoms. The summed E-state index contributed by atoms with van der Waals surface area (Å²) in [5.74, 6) is 0.456. The molecule has 0 bridgehead atoms. The summed E-state index contributed by atoms with van der Waals surface area (Å²) in [7, 11) is 0. The van der Waals surface area contributed by atoms with Gasteiger partial charge in [-0.15, -0.1) is 0 Å². The van der Waals surface area contributed by atoms with Crippen molar-refractivity contribution in [2.24, 2.45) is 0 Å². The third-order valence-electron chi connectivity index (χ3n) is 2.97. The van der Waals surface area contributed by atoms with E-state index in [0.717, 1.165) is 0 Å².